The largest absolute Gasteiger partial charge is 0.326 e. The molecular weight excluding hydrogens is 306 g/mol. The number of amides is 1. The molecule has 0 bridgehead atoms. The molecular formula is C18H21N3O3. The number of rotatable bonds is 8. The van der Waals surface area contributed by atoms with Crippen molar-refractivity contribution in [2.75, 3.05) is 5.32 Å². The number of carbonyl (C=O) groups is 1. The molecule has 1 aromatic heterocycles. The number of nitro benzene ring substituents is 1. The first-order valence-electron chi connectivity index (χ1n) is 8.07. The Morgan fingerprint density at radius 1 is 1.25 bits per heavy atom. The third-order valence-corrected chi connectivity index (χ3v) is 3.67. The van der Waals surface area contributed by atoms with Gasteiger partial charge in [-0.25, -0.2) is 0 Å². The Hall–Kier alpha value is -2.76. The Balaban J connectivity index is 2.11. The highest BCUT2D eigenvalue weighted by molar-refractivity contribution is 5.91. The molecule has 1 heterocycles. The molecule has 126 valence electrons. The average molecular weight is 327 g/mol. The summed E-state index contributed by atoms with van der Waals surface area (Å²) in [5, 5.41) is 14.1. The molecule has 0 aliphatic carbocycles. The van der Waals surface area contributed by atoms with Crippen LogP contribution in [0.5, 0.6) is 0 Å². The van der Waals surface area contributed by atoms with E-state index in [1.54, 1.807) is 24.4 Å². The van der Waals surface area contributed by atoms with Gasteiger partial charge in [0.15, 0.2) is 0 Å². The zero-order valence-corrected chi connectivity index (χ0v) is 13.7. The summed E-state index contributed by atoms with van der Waals surface area (Å²) >= 11 is 0. The number of benzene rings is 1. The molecule has 1 N–H and O–H groups in total. The standard InChI is InChI=1S/C18H21N3O3/c1-2-3-4-8-18(22)20-16-10-9-14(17(13-16)21(23)24)12-15-7-5-6-11-19-15/h5-7,9-11,13H,2-4,8,12H2,1H3,(H,20,22). The molecule has 1 amide bonds. The molecule has 2 aromatic rings. The Kier molecular flexibility index (Phi) is 6.42. The topological polar surface area (TPSA) is 85.1 Å². The molecule has 6 heteroatoms. The van der Waals surface area contributed by atoms with Gasteiger partial charge < -0.3 is 5.32 Å². The average Bonchev–Trinajstić information content (AvgIpc) is 2.57. The van der Waals surface area contributed by atoms with Gasteiger partial charge in [-0.15, -0.1) is 0 Å². The van der Waals surface area contributed by atoms with Crippen molar-refractivity contribution >= 4 is 17.3 Å². The van der Waals surface area contributed by atoms with Crippen LogP contribution in [-0.2, 0) is 11.2 Å². The van der Waals surface area contributed by atoms with Crippen LogP contribution in [0.25, 0.3) is 0 Å². The minimum atomic E-state index is -0.426. The molecule has 2 rings (SSSR count). The van der Waals surface area contributed by atoms with Crippen molar-refractivity contribution in [3.8, 4) is 0 Å². The summed E-state index contributed by atoms with van der Waals surface area (Å²) in [6, 6.07) is 10.3. The number of pyridine rings is 1. The second-order valence-corrected chi connectivity index (χ2v) is 5.60. The maximum Gasteiger partial charge on any atom is 0.275 e. The van der Waals surface area contributed by atoms with E-state index in [-0.39, 0.29) is 11.6 Å². The number of nitrogens with zero attached hydrogens (tertiary/aromatic N) is 2. The van der Waals surface area contributed by atoms with E-state index in [4.69, 9.17) is 0 Å². The minimum Gasteiger partial charge on any atom is -0.326 e. The highest BCUT2D eigenvalue weighted by atomic mass is 16.6. The van der Waals surface area contributed by atoms with E-state index < -0.39 is 4.92 Å². The lowest BCUT2D eigenvalue weighted by atomic mass is 10.1. The van der Waals surface area contributed by atoms with E-state index in [1.807, 2.05) is 12.1 Å². The van der Waals surface area contributed by atoms with Crippen molar-refractivity contribution in [3.63, 3.8) is 0 Å². The molecule has 0 spiro atoms. The SMILES string of the molecule is CCCCCC(=O)Nc1ccc(Cc2ccccn2)c([N+](=O)[O-])c1. The number of hydrogen-bond donors (Lipinski definition) is 1. The van der Waals surface area contributed by atoms with Gasteiger partial charge >= 0.3 is 0 Å². The van der Waals surface area contributed by atoms with Crippen LogP contribution in [0.15, 0.2) is 42.6 Å². The number of anilines is 1. The highest BCUT2D eigenvalue weighted by Gasteiger charge is 2.16. The van der Waals surface area contributed by atoms with Crippen LogP contribution in [-0.4, -0.2) is 15.8 Å². The lowest BCUT2D eigenvalue weighted by Crippen LogP contribution is -2.11. The molecule has 0 saturated heterocycles. The van der Waals surface area contributed by atoms with Gasteiger partial charge in [-0.1, -0.05) is 25.8 Å². The summed E-state index contributed by atoms with van der Waals surface area (Å²) in [5.74, 6) is -0.116. The predicted octanol–water partition coefficient (Wildman–Crippen LogP) is 4.10. The quantitative estimate of drug-likeness (QED) is 0.449. The van der Waals surface area contributed by atoms with Gasteiger partial charge in [-0.3, -0.25) is 19.9 Å². The summed E-state index contributed by atoms with van der Waals surface area (Å²) in [5.41, 5.74) is 1.78. The number of nitro groups is 1. The van der Waals surface area contributed by atoms with Gasteiger partial charge in [-0.2, -0.15) is 0 Å². The first-order valence-corrected chi connectivity index (χ1v) is 8.07. The molecule has 0 unspecified atom stereocenters. The summed E-state index contributed by atoms with van der Waals surface area (Å²) < 4.78 is 0. The Morgan fingerprint density at radius 2 is 2.08 bits per heavy atom. The number of hydrogen-bond acceptors (Lipinski definition) is 4. The fourth-order valence-corrected chi connectivity index (χ4v) is 2.42. The second kappa shape index (κ2) is 8.76. The number of carbonyl (C=O) groups excluding carboxylic acids is 1. The normalized spacial score (nSPS) is 10.4. The van der Waals surface area contributed by atoms with Crippen molar-refractivity contribution < 1.29 is 9.72 Å². The smallest absolute Gasteiger partial charge is 0.275 e. The van der Waals surface area contributed by atoms with Crippen LogP contribution in [0.2, 0.25) is 0 Å². The third-order valence-electron chi connectivity index (χ3n) is 3.67. The Morgan fingerprint density at radius 3 is 2.75 bits per heavy atom. The fraction of sp³-hybridized carbons (Fsp3) is 0.333. The first kappa shape index (κ1) is 17.6. The lowest BCUT2D eigenvalue weighted by molar-refractivity contribution is -0.385. The predicted molar refractivity (Wildman–Crippen MR) is 92.9 cm³/mol. The number of unbranched alkanes of at least 4 members (excludes halogenated alkanes) is 2. The van der Waals surface area contributed by atoms with Crippen LogP contribution >= 0.6 is 0 Å². The molecule has 1 aromatic carbocycles. The van der Waals surface area contributed by atoms with E-state index >= 15 is 0 Å². The molecule has 0 aliphatic heterocycles. The molecule has 0 atom stereocenters. The van der Waals surface area contributed by atoms with E-state index in [2.05, 4.69) is 17.2 Å². The maximum absolute atomic E-state index is 11.9. The summed E-state index contributed by atoms with van der Waals surface area (Å²) in [6.07, 6.45) is 5.32. The summed E-state index contributed by atoms with van der Waals surface area (Å²) in [6.45, 7) is 2.07. The number of nitrogens with one attached hydrogen (secondary N) is 1. The van der Waals surface area contributed by atoms with Gasteiger partial charge in [0.25, 0.3) is 5.69 Å². The minimum absolute atomic E-state index is 0.00740. The van der Waals surface area contributed by atoms with Crippen LogP contribution in [0.3, 0.4) is 0 Å². The molecule has 0 fully saturated rings. The van der Waals surface area contributed by atoms with Gasteiger partial charge in [0.2, 0.25) is 5.91 Å². The van der Waals surface area contributed by atoms with Crippen LogP contribution in [0.1, 0.15) is 43.9 Å². The van der Waals surface area contributed by atoms with Gasteiger partial charge in [0.1, 0.15) is 0 Å². The molecule has 0 radical (unpaired) electrons. The van der Waals surface area contributed by atoms with Crippen molar-refractivity contribution in [2.45, 2.75) is 39.0 Å². The number of aromatic nitrogens is 1. The second-order valence-electron chi connectivity index (χ2n) is 5.60. The Labute approximate surface area is 141 Å². The molecule has 6 nitrogen and oxygen atoms in total. The fourth-order valence-electron chi connectivity index (χ4n) is 2.42. The van der Waals surface area contributed by atoms with Crippen molar-refractivity contribution in [3.05, 3.63) is 64.0 Å². The molecule has 24 heavy (non-hydrogen) atoms. The van der Waals surface area contributed by atoms with E-state index in [1.165, 1.54) is 6.07 Å². The van der Waals surface area contributed by atoms with Gasteiger partial charge in [0.05, 0.1) is 4.92 Å². The van der Waals surface area contributed by atoms with Gasteiger partial charge in [-0.05, 0) is 30.7 Å². The maximum atomic E-state index is 11.9. The summed E-state index contributed by atoms with van der Waals surface area (Å²) in [4.78, 5) is 27.0. The van der Waals surface area contributed by atoms with E-state index in [0.717, 1.165) is 25.0 Å². The Bertz CT molecular complexity index is 702. The van der Waals surface area contributed by atoms with E-state index in [0.29, 0.717) is 24.1 Å². The van der Waals surface area contributed by atoms with Crippen LogP contribution < -0.4 is 5.32 Å². The highest BCUT2D eigenvalue weighted by Crippen LogP contribution is 2.25. The monoisotopic (exact) mass is 327 g/mol. The zero-order chi connectivity index (χ0) is 17.4. The van der Waals surface area contributed by atoms with Crippen LogP contribution in [0, 0.1) is 10.1 Å². The zero-order valence-electron chi connectivity index (χ0n) is 13.7. The van der Waals surface area contributed by atoms with E-state index in [9.17, 15) is 14.9 Å². The first-order chi connectivity index (χ1) is 11.6. The molecule has 0 aliphatic rings. The van der Waals surface area contributed by atoms with Crippen molar-refractivity contribution in [1.29, 1.82) is 0 Å². The summed E-state index contributed by atoms with van der Waals surface area (Å²) in [7, 11) is 0. The van der Waals surface area contributed by atoms with Crippen LogP contribution in [0.4, 0.5) is 11.4 Å². The van der Waals surface area contributed by atoms with Crippen molar-refractivity contribution in [1.82, 2.24) is 4.98 Å². The lowest BCUT2D eigenvalue weighted by Gasteiger charge is -2.08. The van der Waals surface area contributed by atoms with Gasteiger partial charge in [0, 0.05) is 42.0 Å². The third kappa shape index (κ3) is 5.15. The molecule has 0 saturated carbocycles. The van der Waals surface area contributed by atoms with Crippen molar-refractivity contribution in [2.24, 2.45) is 0 Å².